The molecule has 3 amide bonds. The molecule has 1 saturated heterocycles. The van der Waals surface area contributed by atoms with E-state index in [1.54, 1.807) is 11.0 Å². The fraction of sp³-hybridized carbons (Fsp3) is 0.444. The van der Waals surface area contributed by atoms with Gasteiger partial charge in [-0.1, -0.05) is 6.58 Å². The highest BCUT2D eigenvalue weighted by atomic mass is 35.5. The molecule has 0 aromatic carbocycles. The Bertz CT molecular complexity index is 792. The second-order valence-electron chi connectivity index (χ2n) is 6.95. The quantitative estimate of drug-likeness (QED) is 0.651. The smallest absolute Gasteiger partial charge is 0.248 e. The van der Waals surface area contributed by atoms with Gasteiger partial charge in [0.1, 0.15) is 5.82 Å². The van der Waals surface area contributed by atoms with Crippen LogP contribution >= 0.6 is 12.4 Å². The number of nitrogens with one attached hydrogen (secondary N) is 1. The average Bonchev–Trinajstić information content (AvgIpc) is 2.78. The Hall–Kier alpha value is -2.49. The third-order valence-corrected chi connectivity index (χ3v) is 4.85. The second-order valence-corrected chi connectivity index (χ2v) is 6.95. The van der Waals surface area contributed by atoms with Crippen LogP contribution in [0.1, 0.15) is 11.1 Å². The van der Waals surface area contributed by atoms with Crippen LogP contribution in [0.4, 0.5) is 5.82 Å². The number of pyridine rings is 1. The number of halogens is 1. The minimum absolute atomic E-state index is 0. The summed E-state index contributed by atoms with van der Waals surface area (Å²) in [6, 6.07) is 1.73. The van der Waals surface area contributed by atoms with Gasteiger partial charge >= 0.3 is 0 Å². The Balaban J connectivity index is 0.00000280. The number of piperazine rings is 1. The lowest BCUT2D eigenvalue weighted by Crippen LogP contribution is -2.50. The van der Waals surface area contributed by atoms with Gasteiger partial charge in [-0.25, -0.2) is 4.98 Å². The van der Waals surface area contributed by atoms with Gasteiger partial charge < -0.3 is 20.9 Å². The van der Waals surface area contributed by atoms with Crippen molar-refractivity contribution in [2.75, 3.05) is 51.6 Å². The lowest BCUT2D eigenvalue weighted by Gasteiger charge is -2.33. The summed E-state index contributed by atoms with van der Waals surface area (Å²) in [5.41, 5.74) is 6.65. The van der Waals surface area contributed by atoms with Gasteiger partial charge in [0.05, 0.1) is 13.1 Å². The van der Waals surface area contributed by atoms with Crippen molar-refractivity contribution in [3.8, 4) is 0 Å². The molecule has 0 atom stereocenters. The van der Waals surface area contributed by atoms with Crippen molar-refractivity contribution < 1.29 is 14.4 Å². The summed E-state index contributed by atoms with van der Waals surface area (Å²) in [6.07, 6.45) is 1.46. The van der Waals surface area contributed by atoms with Crippen molar-refractivity contribution in [3.63, 3.8) is 0 Å². The van der Waals surface area contributed by atoms with Gasteiger partial charge in [0, 0.05) is 55.6 Å². The number of anilines is 1. The molecule has 0 spiro atoms. The van der Waals surface area contributed by atoms with Crippen LogP contribution in [0.15, 0.2) is 18.8 Å². The number of hydrogen-bond acceptors (Lipinski definition) is 6. The number of nitrogens with zero attached hydrogens (tertiary/aromatic N) is 4. The number of amides is 3. The topological polar surface area (TPSA) is 112 Å². The van der Waals surface area contributed by atoms with Gasteiger partial charge in [-0.2, -0.15) is 0 Å². The van der Waals surface area contributed by atoms with Gasteiger partial charge in [0.2, 0.25) is 17.7 Å². The zero-order valence-electron chi connectivity index (χ0n) is 15.8. The van der Waals surface area contributed by atoms with E-state index in [1.807, 2.05) is 11.9 Å². The lowest BCUT2D eigenvalue weighted by molar-refractivity contribution is -0.134. The number of likely N-dealkylation sites (N-methyl/N-ethyl adjacent to an activating group) is 1. The Morgan fingerprint density at radius 2 is 1.93 bits per heavy atom. The van der Waals surface area contributed by atoms with Gasteiger partial charge in [-0.15, -0.1) is 12.4 Å². The van der Waals surface area contributed by atoms with Crippen LogP contribution in [-0.2, 0) is 20.9 Å². The highest BCUT2D eigenvalue weighted by Gasteiger charge is 2.26. The van der Waals surface area contributed by atoms with Crippen LogP contribution in [0.2, 0.25) is 0 Å². The molecule has 1 aromatic heterocycles. The molecule has 0 radical (unpaired) electrons. The summed E-state index contributed by atoms with van der Waals surface area (Å²) < 4.78 is 0. The van der Waals surface area contributed by atoms with E-state index in [9.17, 15) is 14.4 Å². The molecule has 1 fully saturated rings. The van der Waals surface area contributed by atoms with Gasteiger partial charge in [0.15, 0.2) is 0 Å². The van der Waals surface area contributed by atoms with E-state index in [0.29, 0.717) is 36.6 Å². The van der Waals surface area contributed by atoms with E-state index in [0.717, 1.165) is 13.1 Å². The molecule has 3 N–H and O–H groups in total. The van der Waals surface area contributed by atoms with Crippen molar-refractivity contribution in [1.82, 2.24) is 19.7 Å². The Labute approximate surface area is 170 Å². The van der Waals surface area contributed by atoms with Crippen molar-refractivity contribution in [1.29, 1.82) is 0 Å². The number of fused-ring (bicyclic) bond motifs is 1. The minimum Gasteiger partial charge on any atom is -0.366 e. The van der Waals surface area contributed by atoms with Gasteiger partial charge in [-0.05, 0) is 13.1 Å². The largest absolute Gasteiger partial charge is 0.366 e. The number of hydrogen-bond donors (Lipinski definition) is 2. The molecule has 0 bridgehead atoms. The Kier molecular flexibility index (Phi) is 7.11. The zero-order valence-corrected chi connectivity index (χ0v) is 16.6. The molecule has 2 aliphatic heterocycles. The predicted octanol–water partition coefficient (Wildman–Crippen LogP) is -0.470. The fourth-order valence-electron chi connectivity index (χ4n) is 3.18. The number of nitrogens with two attached hydrogens (primary N) is 1. The highest BCUT2D eigenvalue weighted by molar-refractivity contribution is 6.17. The third-order valence-electron chi connectivity index (χ3n) is 4.85. The Morgan fingerprint density at radius 3 is 2.57 bits per heavy atom. The van der Waals surface area contributed by atoms with E-state index in [-0.39, 0.29) is 42.9 Å². The molecule has 3 heterocycles. The van der Waals surface area contributed by atoms with Crippen LogP contribution in [0.5, 0.6) is 0 Å². The number of rotatable bonds is 4. The third kappa shape index (κ3) is 5.06. The summed E-state index contributed by atoms with van der Waals surface area (Å²) >= 11 is 0. The zero-order chi connectivity index (χ0) is 19.6. The first-order valence-corrected chi connectivity index (χ1v) is 8.80. The maximum atomic E-state index is 12.6. The van der Waals surface area contributed by atoms with Crippen LogP contribution in [0.3, 0.4) is 0 Å². The first-order valence-electron chi connectivity index (χ1n) is 8.80. The Morgan fingerprint density at radius 1 is 1.25 bits per heavy atom. The van der Waals surface area contributed by atoms with Crippen molar-refractivity contribution in [2.45, 2.75) is 6.54 Å². The number of carbonyl (C=O) groups is 3. The van der Waals surface area contributed by atoms with Gasteiger partial charge in [-0.3, -0.25) is 19.3 Å². The first kappa shape index (κ1) is 21.8. The summed E-state index contributed by atoms with van der Waals surface area (Å²) in [6.45, 7) is 7.35. The van der Waals surface area contributed by atoms with Crippen molar-refractivity contribution in [3.05, 3.63) is 30.0 Å². The second kappa shape index (κ2) is 9.13. The van der Waals surface area contributed by atoms with E-state index in [4.69, 9.17) is 5.73 Å². The molecule has 10 heteroatoms. The van der Waals surface area contributed by atoms with E-state index < -0.39 is 5.91 Å². The molecule has 2 aliphatic rings. The summed E-state index contributed by atoms with van der Waals surface area (Å²) in [7, 11) is 2.03. The standard InChI is InChI=1S/C18H24N6O3.ClH/c1-12(17(19)27)13-7-14-9-23(10-15(25)21-18(14)20-8-13)11-16(26)24-5-3-22(2)4-6-24;/h7-8H,1,3-6,9-11H2,2H3,(H2,19,27)(H,20,21,25);1H. The monoisotopic (exact) mass is 408 g/mol. The number of carbonyl (C=O) groups excluding carboxylic acids is 3. The minimum atomic E-state index is -0.628. The van der Waals surface area contributed by atoms with E-state index >= 15 is 0 Å². The number of primary amides is 1. The number of aromatic nitrogens is 1. The molecule has 0 unspecified atom stereocenters. The van der Waals surface area contributed by atoms with Crippen LogP contribution in [0, 0.1) is 0 Å². The molecule has 0 saturated carbocycles. The molecule has 1 aromatic rings. The highest BCUT2D eigenvalue weighted by Crippen LogP contribution is 2.22. The molecule has 28 heavy (non-hydrogen) atoms. The van der Waals surface area contributed by atoms with E-state index in [1.165, 1.54) is 6.20 Å². The normalized spacial score (nSPS) is 17.8. The maximum Gasteiger partial charge on any atom is 0.248 e. The predicted molar refractivity (Wildman–Crippen MR) is 108 cm³/mol. The molecule has 152 valence electrons. The molecule has 0 aliphatic carbocycles. The van der Waals surface area contributed by atoms with Crippen LogP contribution < -0.4 is 11.1 Å². The SMILES string of the molecule is C=C(C(N)=O)c1cnc2c(c1)CN(CC(=O)N1CCN(C)CC1)CC(=O)N2.Cl. The molecular formula is C18H25ClN6O3. The summed E-state index contributed by atoms with van der Waals surface area (Å²) in [4.78, 5) is 46.1. The van der Waals surface area contributed by atoms with Crippen LogP contribution in [0.25, 0.3) is 5.57 Å². The molecule has 9 nitrogen and oxygen atoms in total. The fourth-order valence-corrected chi connectivity index (χ4v) is 3.18. The lowest BCUT2D eigenvalue weighted by atomic mass is 10.1. The average molecular weight is 409 g/mol. The first-order chi connectivity index (χ1) is 12.8. The maximum absolute atomic E-state index is 12.6. The van der Waals surface area contributed by atoms with Gasteiger partial charge in [0.25, 0.3) is 0 Å². The molecular weight excluding hydrogens is 384 g/mol. The van der Waals surface area contributed by atoms with Crippen LogP contribution in [-0.4, -0.2) is 83.7 Å². The van der Waals surface area contributed by atoms with Crippen molar-refractivity contribution in [2.24, 2.45) is 5.73 Å². The van der Waals surface area contributed by atoms with Crippen molar-refractivity contribution >= 4 is 41.5 Å². The molecule has 3 rings (SSSR count). The summed E-state index contributed by atoms with van der Waals surface area (Å²) in [5.74, 6) is -0.425. The summed E-state index contributed by atoms with van der Waals surface area (Å²) in [5, 5.41) is 2.74. The van der Waals surface area contributed by atoms with E-state index in [2.05, 4.69) is 21.8 Å².